The molecule has 1 aliphatic rings. The van der Waals surface area contributed by atoms with Crippen molar-refractivity contribution >= 4 is 28.2 Å². The maximum atomic E-state index is 12.4. The summed E-state index contributed by atoms with van der Waals surface area (Å²) in [5, 5.41) is 3.41. The van der Waals surface area contributed by atoms with Crippen molar-refractivity contribution in [2.24, 2.45) is 5.92 Å². The van der Waals surface area contributed by atoms with Gasteiger partial charge in [-0.25, -0.2) is 4.79 Å². The van der Waals surface area contributed by atoms with Crippen molar-refractivity contribution in [2.75, 3.05) is 19.0 Å². The van der Waals surface area contributed by atoms with Crippen LogP contribution in [-0.2, 0) is 28.8 Å². The van der Waals surface area contributed by atoms with Gasteiger partial charge in [0.1, 0.15) is 10.8 Å². The third kappa shape index (κ3) is 4.50. The van der Waals surface area contributed by atoms with Gasteiger partial charge in [0.25, 0.3) is 5.91 Å². The van der Waals surface area contributed by atoms with E-state index in [0.29, 0.717) is 22.2 Å². The van der Waals surface area contributed by atoms with Crippen LogP contribution in [0.5, 0.6) is 5.75 Å². The van der Waals surface area contributed by atoms with Gasteiger partial charge < -0.3 is 14.8 Å². The van der Waals surface area contributed by atoms with Crippen LogP contribution in [0.4, 0.5) is 5.00 Å². The first-order valence-corrected chi connectivity index (χ1v) is 10.1. The average molecular weight is 388 g/mol. The molecule has 5 nitrogen and oxygen atoms in total. The molecule has 0 fully saturated rings. The summed E-state index contributed by atoms with van der Waals surface area (Å²) in [5.74, 6) is 0.550. The number of aryl methyl sites for hydroxylation is 1. The topological polar surface area (TPSA) is 64.6 Å². The number of carbonyl (C=O) groups excluding carboxylic acids is 2. The molecule has 0 saturated carbocycles. The number of nitrogens with one attached hydrogen (secondary N) is 1. The van der Waals surface area contributed by atoms with Gasteiger partial charge >= 0.3 is 5.97 Å². The Hall–Kier alpha value is -2.34. The average Bonchev–Trinajstić information content (AvgIpc) is 3.02. The standard InChI is InChI=1S/C21H25NO4S/c1-4-14-6-8-15(9-7-14)26-12-18(23)22-20-19(21(24)25-3)16-10-5-13(2)11-17(16)27-20/h6-9,13H,4-5,10-12H2,1-3H3,(H,22,23)/t13-/m0/s1. The summed E-state index contributed by atoms with van der Waals surface area (Å²) in [7, 11) is 1.37. The predicted octanol–water partition coefficient (Wildman–Crippen LogP) is 4.24. The van der Waals surface area contributed by atoms with E-state index in [1.165, 1.54) is 28.9 Å². The molecule has 144 valence electrons. The highest BCUT2D eigenvalue weighted by Crippen LogP contribution is 2.40. The lowest BCUT2D eigenvalue weighted by Gasteiger charge is -2.18. The van der Waals surface area contributed by atoms with E-state index in [-0.39, 0.29) is 12.5 Å². The summed E-state index contributed by atoms with van der Waals surface area (Å²) >= 11 is 1.48. The first kappa shape index (κ1) is 19.4. The second kappa shape index (κ2) is 8.57. The number of anilines is 1. The molecule has 6 heteroatoms. The van der Waals surface area contributed by atoms with Crippen LogP contribution < -0.4 is 10.1 Å². The number of ether oxygens (including phenoxy) is 2. The van der Waals surface area contributed by atoms with E-state index in [9.17, 15) is 9.59 Å². The Labute approximate surface area is 163 Å². The quantitative estimate of drug-likeness (QED) is 0.753. The molecule has 1 atom stereocenters. The van der Waals surface area contributed by atoms with E-state index < -0.39 is 5.97 Å². The summed E-state index contributed by atoms with van der Waals surface area (Å²) < 4.78 is 10.5. The first-order valence-electron chi connectivity index (χ1n) is 9.26. The Bertz CT molecular complexity index is 825. The maximum absolute atomic E-state index is 12.4. The van der Waals surface area contributed by atoms with Crippen LogP contribution in [0, 0.1) is 5.92 Å². The fourth-order valence-corrected chi connectivity index (χ4v) is 4.70. The third-order valence-corrected chi connectivity index (χ3v) is 6.03. The van der Waals surface area contributed by atoms with Gasteiger partial charge in [-0.05, 0) is 54.9 Å². The van der Waals surface area contributed by atoms with Crippen molar-refractivity contribution in [3.8, 4) is 5.75 Å². The molecular weight excluding hydrogens is 362 g/mol. The van der Waals surface area contributed by atoms with Gasteiger partial charge in [-0.3, -0.25) is 4.79 Å². The summed E-state index contributed by atoms with van der Waals surface area (Å²) in [6.45, 7) is 4.19. The van der Waals surface area contributed by atoms with Crippen LogP contribution in [0.2, 0.25) is 0 Å². The number of thiophene rings is 1. The van der Waals surface area contributed by atoms with Gasteiger partial charge in [0.05, 0.1) is 12.7 Å². The molecule has 0 unspecified atom stereocenters. The van der Waals surface area contributed by atoms with Gasteiger partial charge in [0.2, 0.25) is 0 Å². The number of benzene rings is 1. The summed E-state index contributed by atoms with van der Waals surface area (Å²) in [5.41, 5.74) is 2.74. The zero-order valence-corrected chi connectivity index (χ0v) is 16.8. The largest absolute Gasteiger partial charge is 0.484 e. The Morgan fingerprint density at radius 1 is 1.26 bits per heavy atom. The molecule has 1 aromatic carbocycles. The number of esters is 1. The number of hydrogen-bond acceptors (Lipinski definition) is 5. The van der Waals surface area contributed by atoms with Crippen LogP contribution in [-0.4, -0.2) is 25.6 Å². The highest BCUT2D eigenvalue weighted by Gasteiger charge is 2.28. The normalized spacial score (nSPS) is 15.7. The number of hydrogen-bond donors (Lipinski definition) is 1. The molecule has 1 amide bonds. The summed E-state index contributed by atoms with van der Waals surface area (Å²) in [6.07, 6.45) is 3.77. The van der Waals surface area contributed by atoms with Crippen LogP contribution in [0.3, 0.4) is 0 Å². The predicted molar refractivity (Wildman–Crippen MR) is 107 cm³/mol. The minimum absolute atomic E-state index is 0.106. The summed E-state index contributed by atoms with van der Waals surface area (Å²) in [4.78, 5) is 25.8. The zero-order chi connectivity index (χ0) is 19.4. The van der Waals surface area contributed by atoms with E-state index in [1.54, 1.807) is 0 Å². The lowest BCUT2D eigenvalue weighted by atomic mass is 9.88. The lowest BCUT2D eigenvalue weighted by Crippen LogP contribution is -2.21. The highest BCUT2D eigenvalue weighted by atomic mass is 32.1. The van der Waals surface area contributed by atoms with E-state index in [4.69, 9.17) is 9.47 Å². The second-order valence-corrected chi connectivity index (χ2v) is 7.99. The molecule has 2 aromatic rings. The number of rotatable bonds is 6. The van der Waals surface area contributed by atoms with Crippen LogP contribution in [0.15, 0.2) is 24.3 Å². The molecule has 1 aromatic heterocycles. The van der Waals surface area contributed by atoms with Crippen LogP contribution in [0.1, 0.15) is 46.6 Å². The molecule has 0 aliphatic heterocycles. The van der Waals surface area contributed by atoms with Crippen LogP contribution in [0.25, 0.3) is 0 Å². The van der Waals surface area contributed by atoms with Crippen molar-refractivity contribution in [1.82, 2.24) is 0 Å². The minimum atomic E-state index is -0.395. The Kier molecular flexibility index (Phi) is 6.16. The Balaban J connectivity index is 1.70. The van der Waals surface area contributed by atoms with Crippen LogP contribution >= 0.6 is 11.3 Å². The second-order valence-electron chi connectivity index (χ2n) is 6.88. The molecular formula is C21H25NO4S. The van der Waals surface area contributed by atoms with Crippen molar-refractivity contribution in [3.05, 3.63) is 45.8 Å². The monoisotopic (exact) mass is 387 g/mol. The summed E-state index contributed by atoms with van der Waals surface area (Å²) in [6, 6.07) is 7.68. The third-order valence-electron chi connectivity index (χ3n) is 4.86. The van der Waals surface area contributed by atoms with E-state index in [1.807, 2.05) is 24.3 Å². The number of methoxy groups -OCH3 is 1. The molecule has 1 heterocycles. The van der Waals surface area contributed by atoms with Gasteiger partial charge in [0.15, 0.2) is 6.61 Å². The first-order chi connectivity index (χ1) is 13.0. The molecule has 0 spiro atoms. The lowest BCUT2D eigenvalue weighted by molar-refractivity contribution is -0.118. The van der Waals surface area contributed by atoms with Crippen molar-refractivity contribution in [2.45, 2.75) is 39.5 Å². The molecule has 1 aliphatic carbocycles. The van der Waals surface area contributed by atoms with Gasteiger partial charge in [-0.15, -0.1) is 11.3 Å². The fourth-order valence-electron chi connectivity index (χ4n) is 3.29. The number of carbonyl (C=O) groups is 2. The minimum Gasteiger partial charge on any atom is -0.484 e. The van der Waals surface area contributed by atoms with Crippen molar-refractivity contribution < 1.29 is 19.1 Å². The number of amides is 1. The van der Waals surface area contributed by atoms with Gasteiger partial charge in [0, 0.05) is 4.88 Å². The maximum Gasteiger partial charge on any atom is 0.341 e. The van der Waals surface area contributed by atoms with Gasteiger partial charge in [-0.1, -0.05) is 26.0 Å². The molecule has 1 N–H and O–H groups in total. The molecule has 0 radical (unpaired) electrons. The molecule has 3 rings (SSSR count). The Morgan fingerprint density at radius 3 is 2.67 bits per heavy atom. The molecule has 0 saturated heterocycles. The van der Waals surface area contributed by atoms with E-state index in [2.05, 4.69) is 19.2 Å². The fraction of sp³-hybridized carbons (Fsp3) is 0.429. The zero-order valence-electron chi connectivity index (χ0n) is 16.0. The highest BCUT2D eigenvalue weighted by molar-refractivity contribution is 7.17. The molecule has 27 heavy (non-hydrogen) atoms. The SMILES string of the molecule is CCc1ccc(OCC(=O)Nc2sc3c(c2C(=O)OC)CC[C@H](C)C3)cc1. The van der Waals surface area contributed by atoms with Crippen molar-refractivity contribution in [3.63, 3.8) is 0 Å². The van der Waals surface area contributed by atoms with Gasteiger partial charge in [-0.2, -0.15) is 0 Å². The van der Waals surface area contributed by atoms with E-state index >= 15 is 0 Å². The smallest absolute Gasteiger partial charge is 0.341 e. The number of fused-ring (bicyclic) bond motifs is 1. The van der Waals surface area contributed by atoms with Crippen molar-refractivity contribution in [1.29, 1.82) is 0 Å². The Morgan fingerprint density at radius 2 is 2.00 bits per heavy atom. The molecule has 0 bridgehead atoms. The van der Waals surface area contributed by atoms with E-state index in [0.717, 1.165) is 31.2 Å².